The molecule has 0 aliphatic heterocycles. The number of hydrogen-bond donors (Lipinski definition) is 2. The Morgan fingerprint density at radius 3 is 2.32 bits per heavy atom. The van der Waals surface area contributed by atoms with E-state index in [0.29, 0.717) is 23.6 Å². The number of ether oxygens (including phenoxy) is 1. The van der Waals surface area contributed by atoms with Gasteiger partial charge in [-0.2, -0.15) is 10.2 Å². The molecule has 0 saturated carbocycles. The Labute approximate surface area is 143 Å². The van der Waals surface area contributed by atoms with Crippen molar-refractivity contribution in [2.24, 2.45) is 0 Å². The Hall–Kier alpha value is -3.66. The van der Waals surface area contributed by atoms with Gasteiger partial charge >= 0.3 is 0 Å². The largest absolute Gasteiger partial charge is 0.489 e. The molecule has 6 nitrogen and oxygen atoms in total. The first-order chi connectivity index (χ1) is 12.1. The first-order valence-corrected chi connectivity index (χ1v) is 7.37. The number of nitrogen functional groups attached to an aromatic ring is 2. The van der Waals surface area contributed by atoms with E-state index in [9.17, 15) is 9.65 Å². The maximum Gasteiger partial charge on any atom is 0.222 e. The fourth-order valence-electron chi connectivity index (χ4n) is 2.27. The molecule has 1 heterocycles. The average molecular weight is 335 g/mol. The first-order valence-electron chi connectivity index (χ1n) is 7.37. The van der Waals surface area contributed by atoms with Crippen LogP contribution in [0.3, 0.4) is 0 Å². The molecule has 4 N–H and O–H groups in total. The topological polar surface area (TPSA) is 111 Å². The highest BCUT2D eigenvalue weighted by molar-refractivity contribution is 5.73. The van der Waals surface area contributed by atoms with Crippen molar-refractivity contribution in [1.82, 2.24) is 9.97 Å². The van der Waals surface area contributed by atoms with Crippen LogP contribution in [0.15, 0.2) is 48.5 Å². The van der Waals surface area contributed by atoms with Gasteiger partial charge < -0.3 is 16.2 Å². The minimum atomic E-state index is -0.312. The van der Waals surface area contributed by atoms with E-state index in [-0.39, 0.29) is 23.1 Å². The number of aromatic nitrogens is 2. The molecule has 0 radical (unpaired) electrons. The van der Waals surface area contributed by atoms with Crippen LogP contribution < -0.4 is 16.2 Å². The van der Waals surface area contributed by atoms with Gasteiger partial charge in [0, 0.05) is 5.56 Å². The Balaban J connectivity index is 1.79. The summed E-state index contributed by atoms with van der Waals surface area (Å²) in [6, 6.07) is 15.1. The van der Waals surface area contributed by atoms with Crippen LogP contribution in [0.25, 0.3) is 11.3 Å². The maximum atomic E-state index is 12.9. The Kier molecular flexibility index (Phi) is 4.44. The number of nitrogens with two attached hydrogens (primary N) is 2. The summed E-state index contributed by atoms with van der Waals surface area (Å²) in [5, 5.41) is 9.24. The summed E-state index contributed by atoms with van der Waals surface area (Å²) in [4.78, 5) is 7.90. The second-order valence-electron chi connectivity index (χ2n) is 5.24. The lowest BCUT2D eigenvalue weighted by Gasteiger charge is -2.09. The molecule has 0 aliphatic carbocycles. The highest BCUT2D eigenvalue weighted by Crippen LogP contribution is 2.25. The lowest BCUT2D eigenvalue weighted by molar-refractivity contribution is 0.306. The fraction of sp³-hybridized carbons (Fsp3) is 0.0556. The van der Waals surface area contributed by atoms with E-state index < -0.39 is 0 Å². The molecular weight excluding hydrogens is 321 g/mol. The normalized spacial score (nSPS) is 10.2. The van der Waals surface area contributed by atoms with Gasteiger partial charge in [-0.3, -0.25) is 0 Å². The highest BCUT2D eigenvalue weighted by Gasteiger charge is 2.13. The molecule has 0 fully saturated rings. The molecule has 0 spiro atoms. The van der Waals surface area contributed by atoms with E-state index in [1.54, 1.807) is 24.3 Å². The van der Waals surface area contributed by atoms with Crippen molar-refractivity contribution in [2.75, 3.05) is 11.5 Å². The molecule has 0 atom stereocenters. The van der Waals surface area contributed by atoms with E-state index in [0.717, 1.165) is 5.56 Å². The first kappa shape index (κ1) is 16.2. The third-order valence-corrected chi connectivity index (χ3v) is 3.51. The van der Waals surface area contributed by atoms with Gasteiger partial charge in [0.15, 0.2) is 0 Å². The summed E-state index contributed by atoms with van der Waals surface area (Å²) in [7, 11) is 0. The number of nitrogens with zero attached hydrogens (tertiary/aromatic N) is 3. The van der Waals surface area contributed by atoms with Crippen molar-refractivity contribution in [1.29, 1.82) is 5.26 Å². The second kappa shape index (κ2) is 6.84. The van der Waals surface area contributed by atoms with E-state index >= 15 is 0 Å². The summed E-state index contributed by atoms with van der Waals surface area (Å²) in [6.07, 6.45) is 0. The van der Waals surface area contributed by atoms with E-state index in [1.165, 1.54) is 12.1 Å². The van der Waals surface area contributed by atoms with Gasteiger partial charge in [-0.05, 0) is 29.8 Å². The minimum Gasteiger partial charge on any atom is -0.489 e. The third-order valence-electron chi connectivity index (χ3n) is 3.51. The quantitative estimate of drug-likeness (QED) is 0.758. The molecule has 1 aromatic heterocycles. The van der Waals surface area contributed by atoms with E-state index in [2.05, 4.69) is 9.97 Å². The zero-order valence-corrected chi connectivity index (χ0v) is 13.1. The predicted molar refractivity (Wildman–Crippen MR) is 91.7 cm³/mol. The average Bonchev–Trinajstić information content (AvgIpc) is 2.61. The number of hydrogen-bond acceptors (Lipinski definition) is 6. The van der Waals surface area contributed by atoms with Crippen LogP contribution in [-0.2, 0) is 6.61 Å². The van der Waals surface area contributed by atoms with Gasteiger partial charge in [-0.1, -0.05) is 24.3 Å². The lowest BCUT2D eigenvalue weighted by atomic mass is 10.1. The number of anilines is 2. The number of halogens is 1. The smallest absolute Gasteiger partial charge is 0.222 e. The highest BCUT2D eigenvalue weighted by atomic mass is 19.1. The molecule has 0 amide bonds. The van der Waals surface area contributed by atoms with Gasteiger partial charge in [0.05, 0.1) is 5.69 Å². The Morgan fingerprint density at radius 1 is 1.00 bits per heavy atom. The molecular formula is C18H14FN5O. The molecule has 7 heteroatoms. The summed E-state index contributed by atoms with van der Waals surface area (Å²) in [5.41, 5.74) is 13.5. The van der Waals surface area contributed by atoms with Crippen LogP contribution in [-0.4, -0.2) is 9.97 Å². The Bertz CT molecular complexity index is 933. The zero-order valence-electron chi connectivity index (χ0n) is 13.1. The molecule has 3 aromatic rings. The molecule has 2 aromatic carbocycles. The van der Waals surface area contributed by atoms with Gasteiger partial charge in [0.1, 0.15) is 35.6 Å². The van der Waals surface area contributed by atoms with Crippen molar-refractivity contribution in [2.45, 2.75) is 6.61 Å². The van der Waals surface area contributed by atoms with Gasteiger partial charge in [0.25, 0.3) is 0 Å². The van der Waals surface area contributed by atoms with Crippen molar-refractivity contribution in [3.63, 3.8) is 0 Å². The van der Waals surface area contributed by atoms with Crippen molar-refractivity contribution < 1.29 is 9.13 Å². The summed E-state index contributed by atoms with van der Waals surface area (Å²) in [5.74, 6) is 0.325. The van der Waals surface area contributed by atoms with Crippen LogP contribution >= 0.6 is 0 Å². The molecule has 25 heavy (non-hydrogen) atoms. The van der Waals surface area contributed by atoms with E-state index in [4.69, 9.17) is 16.2 Å². The number of benzene rings is 2. The standard InChI is InChI=1S/C18H14FN5O/c19-13-5-7-14(8-6-13)25-10-11-1-3-12(4-2-11)16-15(9-20)17(21)24-18(22)23-16/h1-8H,10H2,(H4,21,22,23,24). The van der Waals surface area contributed by atoms with Crippen LogP contribution in [0.5, 0.6) is 5.75 Å². The Morgan fingerprint density at radius 2 is 1.68 bits per heavy atom. The third kappa shape index (κ3) is 3.64. The second-order valence-corrected chi connectivity index (χ2v) is 5.24. The van der Waals surface area contributed by atoms with Crippen LogP contribution in [0, 0.1) is 17.1 Å². The van der Waals surface area contributed by atoms with Gasteiger partial charge in [-0.15, -0.1) is 0 Å². The van der Waals surface area contributed by atoms with Gasteiger partial charge in [-0.25, -0.2) is 9.37 Å². The number of rotatable bonds is 4. The zero-order chi connectivity index (χ0) is 17.8. The van der Waals surface area contributed by atoms with Crippen LogP contribution in [0.4, 0.5) is 16.2 Å². The molecule has 0 saturated heterocycles. The van der Waals surface area contributed by atoms with Crippen molar-refractivity contribution in [3.8, 4) is 23.1 Å². The van der Waals surface area contributed by atoms with Crippen molar-refractivity contribution >= 4 is 11.8 Å². The van der Waals surface area contributed by atoms with Crippen molar-refractivity contribution in [3.05, 3.63) is 65.5 Å². The minimum absolute atomic E-state index is 0.00946. The molecule has 0 aliphatic rings. The summed E-state index contributed by atoms with van der Waals surface area (Å²) >= 11 is 0. The molecule has 0 unspecified atom stereocenters. The molecule has 124 valence electrons. The summed E-state index contributed by atoms with van der Waals surface area (Å²) in [6.45, 7) is 0.324. The SMILES string of the molecule is N#Cc1c(N)nc(N)nc1-c1ccc(COc2ccc(F)cc2)cc1. The fourth-order valence-corrected chi connectivity index (χ4v) is 2.27. The molecule has 0 bridgehead atoms. The predicted octanol–water partition coefficient (Wildman–Crippen LogP) is 2.90. The van der Waals surface area contributed by atoms with E-state index in [1.807, 2.05) is 18.2 Å². The van der Waals surface area contributed by atoms with Crippen LogP contribution in [0.1, 0.15) is 11.1 Å². The lowest BCUT2D eigenvalue weighted by Crippen LogP contribution is -2.05. The monoisotopic (exact) mass is 335 g/mol. The number of nitriles is 1. The molecule has 3 rings (SSSR count). The van der Waals surface area contributed by atoms with Gasteiger partial charge in [0.2, 0.25) is 5.95 Å². The summed E-state index contributed by atoms with van der Waals surface area (Å²) < 4.78 is 18.5. The van der Waals surface area contributed by atoms with Crippen LogP contribution in [0.2, 0.25) is 0 Å². The maximum absolute atomic E-state index is 12.9.